The molecule has 18 heavy (non-hydrogen) atoms. The normalized spacial score (nSPS) is 19.9. The molecule has 0 aliphatic carbocycles. The van der Waals surface area contributed by atoms with Gasteiger partial charge in [0.1, 0.15) is 0 Å². The van der Waals surface area contributed by atoms with E-state index in [0.717, 1.165) is 18.4 Å². The molecule has 1 aromatic carbocycles. The number of hydrogen-bond donors (Lipinski definition) is 2. The van der Waals surface area contributed by atoms with Crippen LogP contribution in [0, 0.1) is 6.92 Å². The van der Waals surface area contributed by atoms with E-state index >= 15 is 0 Å². The van der Waals surface area contributed by atoms with E-state index in [9.17, 15) is 8.42 Å². The van der Waals surface area contributed by atoms with Crippen molar-refractivity contribution >= 4 is 21.4 Å². The molecule has 1 unspecified atom stereocenters. The van der Waals surface area contributed by atoms with Crippen molar-refractivity contribution in [3.8, 4) is 0 Å². The van der Waals surface area contributed by atoms with Crippen LogP contribution >= 0.6 is 0 Å². The smallest absolute Gasteiger partial charge is 0.235 e. The van der Waals surface area contributed by atoms with Crippen LogP contribution in [0.15, 0.2) is 18.2 Å². The standard InChI is InChI=1S/C12H18N2O3S/c1-9-7-10(13)4-5-12(9)14-18(15,16)8-11-3-2-6-17-11/h4-5,7,11,14H,2-3,6,8,13H2,1H3. The Labute approximate surface area is 107 Å². The minimum Gasteiger partial charge on any atom is -0.399 e. The summed E-state index contributed by atoms with van der Waals surface area (Å²) in [6.45, 7) is 2.47. The second kappa shape index (κ2) is 5.16. The molecule has 3 N–H and O–H groups in total. The summed E-state index contributed by atoms with van der Waals surface area (Å²) < 4.78 is 31.9. The minimum absolute atomic E-state index is 0.0107. The topological polar surface area (TPSA) is 81.4 Å². The molecule has 100 valence electrons. The number of sulfonamides is 1. The zero-order valence-electron chi connectivity index (χ0n) is 10.3. The van der Waals surface area contributed by atoms with Crippen LogP contribution in [-0.4, -0.2) is 26.9 Å². The summed E-state index contributed by atoms with van der Waals surface area (Å²) in [6, 6.07) is 5.10. The molecule has 6 heteroatoms. The lowest BCUT2D eigenvalue weighted by atomic mass is 10.2. The highest BCUT2D eigenvalue weighted by Crippen LogP contribution is 2.20. The summed E-state index contributed by atoms with van der Waals surface area (Å²) >= 11 is 0. The molecule has 1 aliphatic rings. The van der Waals surface area contributed by atoms with Crippen molar-refractivity contribution in [1.82, 2.24) is 0 Å². The SMILES string of the molecule is Cc1cc(N)ccc1NS(=O)(=O)CC1CCCO1. The zero-order valence-corrected chi connectivity index (χ0v) is 11.2. The molecular weight excluding hydrogens is 252 g/mol. The van der Waals surface area contributed by atoms with Gasteiger partial charge in [0.2, 0.25) is 10.0 Å². The van der Waals surface area contributed by atoms with Gasteiger partial charge in [0, 0.05) is 12.3 Å². The number of rotatable bonds is 4. The van der Waals surface area contributed by atoms with E-state index in [1.807, 2.05) is 6.92 Å². The summed E-state index contributed by atoms with van der Waals surface area (Å²) in [4.78, 5) is 0. The van der Waals surface area contributed by atoms with Crippen LogP contribution in [0.4, 0.5) is 11.4 Å². The molecule has 1 fully saturated rings. The maximum absolute atomic E-state index is 12.0. The molecule has 1 heterocycles. The Morgan fingerprint density at radius 3 is 2.89 bits per heavy atom. The van der Waals surface area contributed by atoms with Gasteiger partial charge in [-0.1, -0.05) is 0 Å². The summed E-state index contributed by atoms with van der Waals surface area (Å²) in [5, 5.41) is 0. The van der Waals surface area contributed by atoms with Crippen molar-refractivity contribution in [3.63, 3.8) is 0 Å². The Bertz CT molecular complexity index is 522. The van der Waals surface area contributed by atoms with Gasteiger partial charge in [0.15, 0.2) is 0 Å². The van der Waals surface area contributed by atoms with Gasteiger partial charge in [-0.15, -0.1) is 0 Å². The van der Waals surface area contributed by atoms with Gasteiger partial charge in [0.25, 0.3) is 0 Å². The van der Waals surface area contributed by atoms with Crippen LogP contribution in [-0.2, 0) is 14.8 Å². The third-order valence-electron chi connectivity index (χ3n) is 2.95. The first-order valence-corrected chi connectivity index (χ1v) is 7.60. The summed E-state index contributed by atoms with van der Waals surface area (Å²) in [5.74, 6) is 0.0107. The monoisotopic (exact) mass is 270 g/mol. The first-order valence-electron chi connectivity index (χ1n) is 5.94. The molecule has 0 saturated carbocycles. The fourth-order valence-corrected chi connectivity index (χ4v) is 3.43. The molecule has 1 aromatic rings. The van der Waals surface area contributed by atoms with Gasteiger partial charge in [0.05, 0.1) is 17.5 Å². The highest BCUT2D eigenvalue weighted by Gasteiger charge is 2.23. The summed E-state index contributed by atoms with van der Waals surface area (Å²) in [5.41, 5.74) is 7.63. The number of nitrogens with two attached hydrogens (primary N) is 1. The lowest BCUT2D eigenvalue weighted by Gasteiger charge is -2.13. The average molecular weight is 270 g/mol. The first-order chi connectivity index (χ1) is 8.46. The molecule has 0 aromatic heterocycles. The summed E-state index contributed by atoms with van der Waals surface area (Å²) in [6.07, 6.45) is 1.56. The molecule has 5 nitrogen and oxygen atoms in total. The third kappa shape index (κ3) is 3.36. The van der Waals surface area contributed by atoms with Crippen LogP contribution in [0.1, 0.15) is 18.4 Å². The van der Waals surface area contributed by atoms with Crippen LogP contribution < -0.4 is 10.5 Å². The van der Waals surface area contributed by atoms with Gasteiger partial charge in [-0.2, -0.15) is 0 Å². The number of anilines is 2. The maximum Gasteiger partial charge on any atom is 0.235 e. The lowest BCUT2D eigenvalue weighted by molar-refractivity contribution is 0.127. The zero-order chi connectivity index (χ0) is 13.2. The molecule has 1 aliphatic heterocycles. The molecule has 2 rings (SSSR count). The largest absolute Gasteiger partial charge is 0.399 e. The molecular formula is C12H18N2O3S. The van der Waals surface area contributed by atoms with Crippen molar-refractivity contribution in [1.29, 1.82) is 0 Å². The number of nitrogen functional groups attached to an aromatic ring is 1. The Hall–Kier alpha value is -1.27. The highest BCUT2D eigenvalue weighted by molar-refractivity contribution is 7.92. The van der Waals surface area contributed by atoms with Gasteiger partial charge in [-0.3, -0.25) is 4.72 Å². The van der Waals surface area contributed by atoms with Crippen molar-refractivity contribution in [2.24, 2.45) is 0 Å². The fourth-order valence-electron chi connectivity index (χ4n) is 2.03. The van der Waals surface area contributed by atoms with Crippen LogP contribution in [0.25, 0.3) is 0 Å². The Kier molecular flexibility index (Phi) is 3.77. The lowest BCUT2D eigenvalue weighted by Crippen LogP contribution is -2.26. The molecule has 0 bridgehead atoms. The van der Waals surface area contributed by atoms with Gasteiger partial charge < -0.3 is 10.5 Å². The Morgan fingerprint density at radius 2 is 2.28 bits per heavy atom. The second-order valence-corrected chi connectivity index (χ2v) is 6.36. The highest BCUT2D eigenvalue weighted by atomic mass is 32.2. The van der Waals surface area contributed by atoms with E-state index in [1.165, 1.54) is 0 Å². The number of ether oxygens (including phenoxy) is 1. The van der Waals surface area contributed by atoms with E-state index < -0.39 is 10.0 Å². The number of benzene rings is 1. The van der Waals surface area contributed by atoms with E-state index in [-0.39, 0.29) is 11.9 Å². The van der Waals surface area contributed by atoms with Crippen molar-refractivity contribution in [2.75, 3.05) is 22.8 Å². The van der Waals surface area contributed by atoms with E-state index in [0.29, 0.717) is 18.0 Å². The number of hydrogen-bond acceptors (Lipinski definition) is 4. The molecule has 0 radical (unpaired) electrons. The average Bonchev–Trinajstić information content (AvgIpc) is 2.74. The van der Waals surface area contributed by atoms with Crippen LogP contribution in [0.2, 0.25) is 0 Å². The van der Waals surface area contributed by atoms with Crippen LogP contribution in [0.5, 0.6) is 0 Å². The van der Waals surface area contributed by atoms with Crippen molar-refractivity contribution in [2.45, 2.75) is 25.9 Å². The molecule has 0 amide bonds. The maximum atomic E-state index is 12.0. The van der Waals surface area contributed by atoms with E-state index in [2.05, 4.69) is 4.72 Å². The van der Waals surface area contributed by atoms with Gasteiger partial charge >= 0.3 is 0 Å². The minimum atomic E-state index is -3.37. The van der Waals surface area contributed by atoms with Crippen molar-refractivity contribution < 1.29 is 13.2 Å². The fraction of sp³-hybridized carbons (Fsp3) is 0.500. The third-order valence-corrected chi connectivity index (χ3v) is 4.29. The van der Waals surface area contributed by atoms with E-state index in [1.54, 1.807) is 18.2 Å². The Balaban J connectivity index is 2.07. The van der Waals surface area contributed by atoms with Crippen LogP contribution in [0.3, 0.4) is 0 Å². The Morgan fingerprint density at radius 1 is 1.50 bits per heavy atom. The van der Waals surface area contributed by atoms with Gasteiger partial charge in [-0.25, -0.2) is 8.42 Å². The molecule has 1 atom stereocenters. The first kappa shape index (κ1) is 13.2. The van der Waals surface area contributed by atoms with Crippen molar-refractivity contribution in [3.05, 3.63) is 23.8 Å². The molecule has 0 spiro atoms. The summed E-state index contributed by atoms with van der Waals surface area (Å²) in [7, 11) is -3.37. The number of aryl methyl sites for hydroxylation is 1. The number of nitrogens with one attached hydrogen (secondary N) is 1. The van der Waals surface area contributed by atoms with E-state index in [4.69, 9.17) is 10.5 Å². The van der Waals surface area contributed by atoms with Gasteiger partial charge in [-0.05, 0) is 43.5 Å². The molecule has 1 saturated heterocycles. The quantitative estimate of drug-likeness (QED) is 0.812. The predicted octanol–water partition coefficient (Wildman–Crippen LogP) is 1.50. The predicted molar refractivity (Wildman–Crippen MR) is 72.0 cm³/mol. The second-order valence-electron chi connectivity index (χ2n) is 4.59.